The van der Waals surface area contributed by atoms with Gasteiger partial charge in [0.1, 0.15) is 5.60 Å². The maximum atomic E-state index is 11.2. The van der Waals surface area contributed by atoms with E-state index in [-0.39, 0.29) is 5.91 Å². The molecular weight excluding hydrogens is 284 g/mol. The monoisotopic (exact) mass is 304 g/mol. The molecule has 0 aliphatic rings. The molecule has 4 nitrogen and oxygen atoms in total. The number of nitrogens with one attached hydrogen (secondary N) is 2. The van der Waals surface area contributed by atoms with Gasteiger partial charge in [0.2, 0.25) is 5.91 Å². The van der Waals surface area contributed by atoms with E-state index in [2.05, 4.69) is 10.6 Å². The van der Waals surface area contributed by atoms with Gasteiger partial charge in [-0.15, -0.1) is 11.3 Å². The number of para-hydroxylation sites is 1. The second kappa shape index (κ2) is 6.85. The summed E-state index contributed by atoms with van der Waals surface area (Å²) in [6.07, 6.45) is 0. The van der Waals surface area contributed by atoms with Crippen LogP contribution < -0.4 is 10.6 Å². The van der Waals surface area contributed by atoms with Crippen LogP contribution in [0.5, 0.6) is 0 Å². The molecular formula is C16H20N2O2S. The van der Waals surface area contributed by atoms with Crippen molar-refractivity contribution in [3.8, 4) is 0 Å². The highest BCUT2D eigenvalue weighted by molar-refractivity contribution is 7.10. The lowest BCUT2D eigenvalue weighted by Gasteiger charge is -2.22. The smallest absolute Gasteiger partial charge is 0.221 e. The van der Waals surface area contributed by atoms with Gasteiger partial charge in [-0.1, -0.05) is 24.3 Å². The zero-order valence-electron chi connectivity index (χ0n) is 12.2. The molecule has 1 amide bonds. The Bertz CT molecular complexity index is 594. The first-order valence-electron chi connectivity index (χ1n) is 6.81. The van der Waals surface area contributed by atoms with E-state index in [0.717, 1.165) is 16.1 Å². The van der Waals surface area contributed by atoms with Crippen LogP contribution in [0.1, 0.15) is 24.3 Å². The zero-order chi connectivity index (χ0) is 15.3. The van der Waals surface area contributed by atoms with E-state index in [0.29, 0.717) is 13.1 Å². The second-order valence-electron chi connectivity index (χ2n) is 5.19. The van der Waals surface area contributed by atoms with E-state index in [4.69, 9.17) is 0 Å². The van der Waals surface area contributed by atoms with Gasteiger partial charge < -0.3 is 15.7 Å². The lowest BCUT2D eigenvalue weighted by molar-refractivity contribution is -0.114. The van der Waals surface area contributed by atoms with Gasteiger partial charge in [0.15, 0.2) is 0 Å². The van der Waals surface area contributed by atoms with E-state index in [9.17, 15) is 9.90 Å². The van der Waals surface area contributed by atoms with Gasteiger partial charge in [-0.2, -0.15) is 0 Å². The Morgan fingerprint density at radius 2 is 2.05 bits per heavy atom. The molecule has 0 saturated carbocycles. The van der Waals surface area contributed by atoms with Crippen LogP contribution in [0.2, 0.25) is 0 Å². The van der Waals surface area contributed by atoms with E-state index >= 15 is 0 Å². The third kappa shape index (κ3) is 4.39. The summed E-state index contributed by atoms with van der Waals surface area (Å²) in [7, 11) is 0. The maximum Gasteiger partial charge on any atom is 0.221 e. The Morgan fingerprint density at radius 3 is 2.71 bits per heavy atom. The van der Waals surface area contributed by atoms with Crippen LogP contribution in [0.4, 0.5) is 5.69 Å². The summed E-state index contributed by atoms with van der Waals surface area (Å²) >= 11 is 1.54. The Kier molecular flexibility index (Phi) is 5.12. The average Bonchev–Trinajstić information content (AvgIpc) is 2.95. The van der Waals surface area contributed by atoms with Gasteiger partial charge >= 0.3 is 0 Å². The minimum atomic E-state index is -0.892. The summed E-state index contributed by atoms with van der Waals surface area (Å²) in [5.41, 5.74) is 0.903. The van der Waals surface area contributed by atoms with Gasteiger partial charge in [0.25, 0.3) is 0 Å². The summed E-state index contributed by atoms with van der Waals surface area (Å²) in [5.74, 6) is -0.0898. The summed E-state index contributed by atoms with van der Waals surface area (Å²) in [6.45, 7) is 4.32. The predicted molar refractivity (Wildman–Crippen MR) is 86.3 cm³/mol. The van der Waals surface area contributed by atoms with Crippen molar-refractivity contribution in [3.63, 3.8) is 0 Å². The highest BCUT2D eigenvalue weighted by Gasteiger charge is 2.23. The maximum absolute atomic E-state index is 11.2. The molecule has 0 saturated heterocycles. The molecule has 1 unspecified atom stereocenters. The summed E-state index contributed by atoms with van der Waals surface area (Å²) in [4.78, 5) is 12.1. The van der Waals surface area contributed by atoms with Crippen molar-refractivity contribution in [2.45, 2.75) is 26.0 Å². The second-order valence-corrected chi connectivity index (χ2v) is 6.14. The van der Waals surface area contributed by atoms with Gasteiger partial charge in [0, 0.05) is 30.6 Å². The quantitative estimate of drug-likeness (QED) is 0.769. The molecule has 0 radical (unpaired) electrons. The van der Waals surface area contributed by atoms with Crippen molar-refractivity contribution in [2.24, 2.45) is 0 Å². The molecule has 2 rings (SSSR count). The molecule has 1 aromatic heterocycles. The number of rotatable bonds is 6. The Labute approximate surface area is 128 Å². The summed E-state index contributed by atoms with van der Waals surface area (Å²) in [5, 5.41) is 18.5. The zero-order valence-corrected chi connectivity index (χ0v) is 13.0. The Hall–Kier alpha value is -1.69. The van der Waals surface area contributed by atoms with Crippen LogP contribution in [0.3, 0.4) is 0 Å². The number of hydrogen-bond donors (Lipinski definition) is 3. The van der Waals surface area contributed by atoms with E-state index in [1.165, 1.54) is 6.92 Å². The highest BCUT2D eigenvalue weighted by Crippen LogP contribution is 2.24. The van der Waals surface area contributed by atoms with Crippen LogP contribution in [0.15, 0.2) is 41.8 Å². The fourth-order valence-corrected chi connectivity index (χ4v) is 2.89. The molecule has 3 N–H and O–H groups in total. The molecule has 0 fully saturated rings. The minimum Gasteiger partial charge on any atom is -0.383 e. The third-order valence-corrected chi connectivity index (χ3v) is 4.29. The number of carbonyl (C=O) groups excluding carboxylic acids is 1. The van der Waals surface area contributed by atoms with Gasteiger partial charge in [-0.3, -0.25) is 4.79 Å². The summed E-state index contributed by atoms with van der Waals surface area (Å²) in [6, 6.07) is 11.5. The summed E-state index contributed by atoms with van der Waals surface area (Å²) < 4.78 is 0. The average molecular weight is 304 g/mol. The third-order valence-electron chi connectivity index (χ3n) is 3.16. The van der Waals surface area contributed by atoms with Crippen LogP contribution in [0, 0.1) is 0 Å². The normalized spacial score (nSPS) is 13.7. The van der Waals surface area contributed by atoms with E-state index in [1.807, 2.05) is 41.8 Å². The predicted octanol–water partition coefficient (Wildman–Crippen LogP) is 2.70. The standard InChI is InChI=1S/C16H20N2O2S/c1-12(19)18-14-7-4-3-6-13(14)10-17-11-16(2,20)15-8-5-9-21-15/h3-9,17,20H,10-11H2,1-2H3,(H,18,19). The molecule has 0 aliphatic heterocycles. The molecule has 1 aromatic carbocycles. The van der Waals surface area contributed by atoms with Crippen molar-refractivity contribution in [1.82, 2.24) is 5.32 Å². The van der Waals surface area contributed by atoms with E-state index < -0.39 is 5.60 Å². The first kappa shape index (κ1) is 15.7. The van der Waals surface area contributed by atoms with Crippen LogP contribution in [-0.4, -0.2) is 17.6 Å². The van der Waals surface area contributed by atoms with Gasteiger partial charge in [-0.25, -0.2) is 0 Å². The van der Waals surface area contributed by atoms with Crippen molar-refractivity contribution in [2.75, 3.05) is 11.9 Å². The number of carbonyl (C=O) groups is 1. The van der Waals surface area contributed by atoms with Crippen molar-refractivity contribution in [3.05, 3.63) is 52.2 Å². The fourth-order valence-electron chi connectivity index (χ4n) is 2.10. The lowest BCUT2D eigenvalue weighted by atomic mass is 10.0. The minimum absolute atomic E-state index is 0.0898. The topological polar surface area (TPSA) is 61.4 Å². The van der Waals surface area contributed by atoms with Gasteiger partial charge in [0.05, 0.1) is 0 Å². The van der Waals surface area contributed by atoms with E-state index in [1.54, 1.807) is 18.3 Å². The molecule has 5 heteroatoms. The van der Waals surface area contributed by atoms with Crippen molar-refractivity contribution in [1.29, 1.82) is 0 Å². The molecule has 0 bridgehead atoms. The van der Waals surface area contributed by atoms with Crippen molar-refractivity contribution < 1.29 is 9.90 Å². The molecule has 21 heavy (non-hydrogen) atoms. The number of thiophene rings is 1. The highest BCUT2D eigenvalue weighted by atomic mass is 32.1. The first-order chi connectivity index (χ1) is 9.99. The fraction of sp³-hybridized carbons (Fsp3) is 0.312. The molecule has 0 aliphatic carbocycles. The van der Waals surface area contributed by atoms with Crippen LogP contribution >= 0.6 is 11.3 Å². The molecule has 2 aromatic rings. The lowest BCUT2D eigenvalue weighted by Crippen LogP contribution is -2.34. The number of aliphatic hydroxyl groups is 1. The number of hydrogen-bond acceptors (Lipinski definition) is 4. The number of amides is 1. The molecule has 112 valence electrons. The number of benzene rings is 1. The SMILES string of the molecule is CC(=O)Nc1ccccc1CNCC(C)(O)c1cccs1. The molecule has 1 atom stereocenters. The number of anilines is 1. The molecule has 0 spiro atoms. The Morgan fingerprint density at radius 1 is 1.29 bits per heavy atom. The molecule has 1 heterocycles. The van der Waals surface area contributed by atoms with Crippen LogP contribution in [-0.2, 0) is 16.9 Å². The Balaban J connectivity index is 1.96. The van der Waals surface area contributed by atoms with Crippen LogP contribution in [0.25, 0.3) is 0 Å². The van der Waals surface area contributed by atoms with Crippen molar-refractivity contribution >= 4 is 22.9 Å². The van der Waals surface area contributed by atoms with Gasteiger partial charge in [-0.05, 0) is 30.0 Å². The first-order valence-corrected chi connectivity index (χ1v) is 7.69. The largest absolute Gasteiger partial charge is 0.383 e.